The molecule has 1 aliphatic heterocycles. The highest BCUT2D eigenvalue weighted by atomic mass is 79.9. The van der Waals surface area contributed by atoms with Crippen molar-refractivity contribution in [3.8, 4) is 0 Å². The molecule has 0 aliphatic carbocycles. The van der Waals surface area contributed by atoms with Gasteiger partial charge < -0.3 is 10.2 Å². The molecule has 1 heterocycles. The van der Waals surface area contributed by atoms with Crippen LogP contribution in [0.2, 0.25) is 0 Å². The molecule has 1 aromatic carbocycles. The van der Waals surface area contributed by atoms with Crippen LogP contribution in [-0.2, 0) is 4.79 Å². The summed E-state index contributed by atoms with van der Waals surface area (Å²) in [5, 5.41) is 3.30. The molecule has 2 rings (SSSR count). The minimum absolute atomic E-state index is 0.397. The summed E-state index contributed by atoms with van der Waals surface area (Å²) in [6.07, 6.45) is 1.94. The van der Waals surface area contributed by atoms with Crippen molar-refractivity contribution in [3.05, 3.63) is 27.7 Å². The van der Waals surface area contributed by atoms with Crippen LogP contribution < -0.4 is 10.2 Å². The minimum atomic E-state index is -0.406. The highest BCUT2D eigenvalue weighted by molar-refractivity contribution is 9.10. The van der Waals surface area contributed by atoms with E-state index in [2.05, 4.69) is 28.2 Å². The van der Waals surface area contributed by atoms with Crippen LogP contribution in [0.15, 0.2) is 16.6 Å². The SMILES string of the molecule is CCCNCCCN1C(=O)C(=O)c2cc(Br)cc(C)c21. The number of rotatable bonds is 6. The summed E-state index contributed by atoms with van der Waals surface area (Å²) in [7, 11) is 0. The van der Waals surface area contributed by atoms with Crippen molar-refractivity contribution >= 4 is 33.3 Å². The number of hydrogen-bond donors (Lipinski definition) is 1. The van der Waals surface area contributed by atoms with E-state index in [-0.39, 0.29) is 0 Å². The molecule has 0 radical (unpaired) electrons. The lowest BCUT2D eigenvalue weighted by Gasteiger charge is -2.18. The lowest BCUT2D eigenvalue weighted by atomic mass is 10.1. The van der Waals surface area contributed by atoms with Crippen LogP contribution in [0, 0.1) is 6.92 Å². The number of nitrogens with one attached hydrogen (secondary N) is 1. The number of carbonyl (C=O) groups is 2. The molecular weight excluding hydrogens is 320 g/mol. The van der Waals surface area contributed by atoms with Crippen LogP contribution >= 0.6 is 15.9 Å². The molecule has 0 saturated carbocycles. The lowest BCUT2D eigenvalue weighted by molar-refractivity contribution is -0.114. The molecular formula is C15H19BrN2O2. The van der Waals surface area contributed by atoms with Gasteiger partial charge in [0, 0.05) is 11.0 Å². The summed E-state index contributed by atoms with van der Waals surface area (Å²) in [5.41, 5.74) is 2.25. The maximum Gasteiger partial charge on any atom is 0.299 e. The Morgan fingerprint density at radius 3 is 2.70 bits per heavy atom. The quantitative estimate of drug-likeness (QED) is 0.640. The zero-order valence-electron chi connectivity index (χ0n) is 11.8. The van der Waals surface area contributed by atoms with Crippen molar-refractivity contribution in [2.45, 2.75) is 26.7 Å². The third kappa shape index (κ3) is 2.94. The van der Waals surface area contributed by atoms with Crippen LogP contribution in [-0.4, -0.2) is 31.3 Å². The standard InChI is InChI=1S/C15H19BrN2O2/c1-3-5-17-6-4-7-18-13-10(2)8-11(16)9-12(13)14(19)15(18)20/h8-9,17H,3-7H2,1-2H3. The van der Waals surface area contributed by atoms with E-state index in [4.69, 9.17) is 0 Å². The topological polar surface area (TPSA) is 49.4 Å². The molecule has 1 amide bonds. The first-order chi connectivity index (χ1) is 9.56. The number of nitrogens with zero attached hydrogens (tertiary/aromatic N) is 1. The summed E-state index contributed by atoms with van der Waals surface area (Å²) in [6, 6.07) is 3.67. The van der Waals surface area contributed by atoms with E-state index >= 15 is 0 Å². The van der Waals surface area contributed by atoms with E-state index in [0.29, 0.717) is 12.1 Å². The average molecular weight is 339 g/mol. The summed E-state index contributed by atoms with van der Waals surface area (Å²) >= 11 is 3.37. The third-order valence-corrected chi connectivity index (χ3v) is 3.84. The zero-order chi connectivity index (χ0) is 14.7. The maximum atomic E-state index is 12.1. The van der Waals surface area contributed by atoms with Gasteiger partial charge in [0.25, 0.3) is 11.7 Å². The fourth-order valence-corrected chi connectivity index (χ4v) is 3.06. The molecule has 1 aromatic rings. The average Bonchev–Trinajstić information content (AvgIpc) is 2.64. The first kappa shape index (κ1) is 15.2. The number of Topliss-reactive ketones (excluding diaryl/α,β-unsaturated/α-hetero) is 1. The Hall–Kier alpha value is -1.20. The van der Waals surface area contributed by atoms with Crippen LogP contribution in [0.5, 0.6) is 0 Å². The van der Waals surface area contributed by atoms with Crippen molar-refractivity contribution in [2.75, 3.05) is 24.5 Å². The van der Waals surface area contributed by atoms with Crippen LogP contribution in [0.4, 0.5) is 5.69 Å². The maximum absolute atomic E-state index is 12.1. The van der Waals surface area contributed by atoms with Crippen molar-refractivity contribution in [1.82, 2.24) is 5.32 Å². The highest BCUT2D eigenvalue weighted by Crippen LogP contribution is 2.34. The molecule has 0 unspecified atom stereocenters. The highest BCUT2D eigenvalue weighted by Gasteiger charge is 2.36. The number of ketones is 1. The Kier molecular flexibility index (Phi) is 4.94. The van der Waals surface area contributed by atoms with Gasteiger partial charge in [-0.1, -0.05) is 22.9 Å². The van der Waals surface area contributed by atoms with Crippen LogP contribution in [0.25, 0.3) is 0 Å². The number of aryl methyl sites for hydroxylation is 1. The number of anilines is 1. The van der Waals surface area contributed by atoms with Gasteiger partial charge in [0.2, 0.25) is 0 Å². The summed E-state index contributed by atoms with van der Waals surface area (Å²) in [5.74, 6) is -0.803. The molecule has 0 saturated heterocycles. The van der Waals surface area contributed by atoms with Gasteiger partial charge in [-0.05, 0) is 50.6 Å². The number of amides is 1. The molecule has 0 aromatic heterocycles. The van der Waals surface area contributed by atoms with Gasteiger partial charge in [0.05, 0.1) is 11.3 Å². The van der Waals surface area contributed by atoms with Crippen molar-refractivity contribution in [1.29, 1.82) is 0 Å². The first-order valence-electron chi connectivity index (χ1n) is 6.93. The Bertz CT molecular complexity index is 543. The molecule has 4 nitrogen and oxygen atoms in total. The Labute approximate surface area is 127 Å². The molecule has 0 atom stereocenters. The number of hydrogen-bond acceptors (Lipinski definition) is 3. The van der Waals surface area contributed by atoms with Gasteiger partial charge in [-0.2, -0.15) is 0 Å². The molecule has 5 heteroatoms. The van der Waals surface area contributed by atoms with Gasteiger partial charge in [-0.3, -0.25) is 9.59 Å². The molecule has 20 heavy (non-hydrogen) atoms. The largest absolute Gasteiger partial charge is 0.317 e. The van der Waals surface area contributed by atoms with E-state index in [1.807, 2.05) is 13.0 Å². The van der Waals surface area contributed by atoms with Gasteiger partial charge in [0.15, 0.2) is 0 Å². The van der Waals surface area contributed by atoms with E-state index in [1.165, 1.54) is 0 Å². The van der Waals surface area contributed by atoms with Crippen LogP contribution in [0.3, 0.4) is 0 Å². The van der Waals surface area contributed by atoms with Gasteiger partial charge in [0.1, 0.15) is 0 Å². The molecule has 1 aliphatic rings. The smallest absolute Gasteiger partial charge is 0.299 e. The van der Waals surface area contributed by atoms with E-state index in [9.17, 15) is 9.59 Å². The van der Waals surface area contributed by atoms with E-state index in [1.54, 1.807) is 11.0 Å². The fraction of sp³-hybridized carbons (Fsp3) is 0.467. The second kappa shape index (κ2) is 6.50. The predicted octanol–water partition coefficient (Wildman–Crippen LogP) is 2.68. The Morgan fingerprint density at radius 1 is 1.25 bits per heavy atom. The number of halogens is 1. The van der Waals surface area contributed by atoms with Gasteiger partial charge in [-0.15, -0.1) is 0 Å². The van der Waals surface area contributed by atoms with E-state index in [0.717, 1.165) is 41.7 Å². The first-order valence-corrected chi connectivity index (χ1v) is 7.72. The summed E-state index contributed by atoms with van der Waals surface area (Å²) in [4.78, 5) is 25.7. The van der Waals surface area contributed by atoms with Crippen molar-refractivity contribution < 1.29 is 9.59 Å². The van der Waals surface area contributed by atoms with Crippen LogP contribution in [0.1, 0.15) is 35.7 Å². The van der Waals surface area contributed by atoms with Gasteiger partial charge in [-0.25, -0.2) is 0 Å². The summed E-state index contributed by atoms with van der Waals surface area (Å²) in [6.45, 7) is 6.47. The second-order valence-corrected chi connectivity index (χ2v) is 5.92. The Morgan fingerprint density at radius 2 is 2.00 bits per heavy atom. The minimum Gasteiger partial charge on any atom is -0.317 e. The van der Waals surface area contributed by atoms with E-state index < -0.39 is 11.7 Å². The summed E-state index contributed by atoms with van der Waals surface area (Å²) < 4.78 is 0.835. The normalized spacial score (nSPS) is 14.1. The number of carbonyl (C=O) groups excluding carboxylic acids is 2. The number of benzene rings is 1. The molecule has 0 bridgehead atoms. The zero-order valence-corrected chi connectivity index (χ0v) is 13.4. The number of fused-ring (bicyclic) bond motifs is 1. The van der Waals surface area contributed by atoms with Crippen molar-refractivity contribution in [2.24, 2.45) is 0 Å². The lowest BCUT2D eigenvalue weighted by Crippen LogP contribution is -2.32. The van der Waals surface area contributed by atoms with Crippen molar-refractivity contribution in [3.63, 3.8) is 0 Å². The second-order valence-electron chi connectivity index (χ2n) is 5.01. The molecule has 0 spiro atoms. The molecule has 0 fully saturated rings. The van der Waals surface area contributed by atoms with Gasteiger partial charge >= 0.3 is 0 Å². The fourth-order valence-electron chi connectivity index (χ4n) is 2.48. The Balaban J connectivity index is 2.12. The third-order valence-electron chi connectivity index (χ3n) is 3.38. The molecule has 1 N–H and O–H groups in total. The monoisotopic (exact) mass is 338 g/mol. The predicted molar refractivity (Wildman–Crippen MR) is 83.3 cm³/mol. The molecule has 108 valence electrons.